The first-order valence-electron chi connectivity index (χ1n) is 13.8. The van der Waals surface area contributed by atoms with Crippen LogP contribution in [0.25, 0.3) is 5.57 Å². The van der Waals surface area contributed by atoms with Gasteiger partial charge in [-0.1, -0.05) is 39.0 Å². The molecule has 4 rings (SSSR count). The second kappa shape index (κ2) is 12.7. The number of benzene rings is 1. The quantitative estimate of drug-likeness (QED) is 0.437. The van der Waals surface area contributed by atoms with Gasteiger partial charge in [-0.15, -0.1) is 0 Å². The van der Waals surface area contributed by atoms with Gasteiger partial charge < -0.3 is 25.2 Å². The molecular weight excluding hydrogens is 480 g/mol. The molecule has 0 radical (unpaired) electrons. The van der Waals surface area contributed by atoms with Gasteiger partial charge in [-0.3, -0.25) is 4.79 Å². The van der Waals surface area contributed by atoms with E-state index in [1.54, 1.807) is 0 Å². The molecule has 1 amide bonds. The van der Waals surface area contributed by atoms with Gasteiger partial charge in [-0.05, 0) is 72.3 Å². The van der Waals surface area contributed by atoms with Crippen molar-refractivity contribution in [1.29, 1.82) is 0 Å². The van der Waals surface area contributed by atoms with Crippen molar-refractivity contribution in [2.75, 3.05) is 37.7 Å². The number of ether oxygens (including phenoxy) is 1. The number of aliphatic hydroxyl groups is 2. The zero-order valence-corrected chi connectivity index (χ0v) is 22.9. The average Bonchev–Trinajstić information content (AvgIpc) is 2.94. The number of nitrogens with zero attached hydrogens (tertiary/aromatic N) is 3. The number of aromatic nitrogens is 2. The lowest BCUT2D eigenvalue weighted by atomic mass is 9.67. The fourth-order valence-corrected chi connectivity index (χ4v) is 5.33. The zero-order chi connectivity index (χ0) is 27.1. The molecule has 8 heteroatoms. The van der Waals surface area contributed by atoms with Gasteiger partial charge in [-0.2, -0.15) is 0 Å². The molecule has 1 aromatic heterocycles. The van der Waals surface area contributed by atoms with E-state index in [4.69, 9.17) is 9.84 Å². The minimum atomic E-state index is -0.927. The van der Waals surface area contributed by atoms with E-state index in [9.17, 15) is 9.90 Å². The van der Waals surface area contributed by atoms with Crippen molar-refractivity contribution < 1.29 is 19.7 Å². The second-order valence-corrected chi connectivity index (χ2v) is 11.3. The lowest BCUT2D eigenvalue weighted by Gasteiger charge is -2.37. The van der Waals surface area contributed by atoms with Crippen molar-refractivity contribution in [1.82, 2.24) is 15.3 Å². The van der Waals surface area contributed by atoms with E-state index in [1.807, 2.05) is 24.5 Å². The number of piperidine rings is 1. The highest BCUT2D eigenvalue weighted by Crippen LogP contribution is 2.44. The molecule has 1 saturated heterocycles. The summed E-state index contributed by atoms with van der Waals surface area (Å²) in [4.78, 5) is 24.0. The van der Waals surface area contributed by atoms with E-state index in [2.05, 4.69) is 59.2 Å². The van der Waals surface area contributed by atoms with Crippen LogP contribution in [0.2, 0.25) is 0 Å². The number of allylic oxidation sites excluding steroid dienone is 2. The highest BCUT2D eigenvalue weighted by Gasteiger charge is 2.38. The first kappa shape index (κ1) is 28.0. The number of aryl methyl sites for hydroxylation is 1. The lowest BCUT2D eigenvalue weighted by molar-refractivity contribution is -0.129. The van der Waals surface area contributed by atoms with E-state index in [-0.39, 0.29) is 30.4 Å². The van der Waals surface area contributed by atoms with Crippen molar-refractivity contribution in [2.45, 2.75) is 59.0 Å². The number of nitrogens with one attached hydrogen (secondary N) is 1. The molecule has 1 aromatic carbocycles. The molecule has 1 aliphatic heterocycles. The van der Waals surface area contributed by atoms with E-state index in [0.29, 0.717) is 18.9 Å². The molecule has 1 aliphatic carbocycles. The average molecular weight is 523 g/mol. The van der Waals surface area contributed by atoms with Crippen LogP contribution in [0.5, 0.6) is 5.75 Å². The Morgan fingerprint density at radius 1 is 1.18 bits per heavy atom. The first-order chi connectivity index (χ1) is 18.3. The van der Waals surface area contributed by atoms with E-state index >= 15 is 0 Å². The number of carbonyl (C=O) groups excluding carboxylic acids is 1. The second-order valence-electron chi connectivity index (χ2n) is 11.3. The number of carbonyl (C=O) groups is 1. The Hall–Kier alpha value is -2.97. The maximum atomic E-state index is 12.7. The summed E-state index contributed by atoms with van der Waals surface area (Å²) in [7, 11) is 0. The van der Waals surface area contributed by atoms with Crippen molar-refractivity contribution in [3.63, 3.8) is 0 Å². The molecule has 2 atom stereocenters. The number of hydrogen-bond acceptors (Lipinski definition) is 7. The van der Waals surface area contributed by atoms with Crippen LogP contribution in [0.4, 0.5) is 5.95 Å². The summed E-state index contributed by atoms with van der Waals surface area (Å²) in [6.07, 6.45) is 9.59. The zero-order valence-electron chi connectivity index (χ0n) is 22.9. The monoisotopic (exact) mass is 522 g/mol. The van der Waals surface area contributed by atoms with Crippen LogP contribution in [0, 0.1) is 17.3 Å². The molecule has 206 valence electrons. The van der Waals surface area contributed by atoms with E-state index in [0.717, 1.165) is 61.6 Å². The Balaban J connectivity index is 1.25. The molecule has 2 heterocycles. The van der Waals surface area contributed by atoms with Crippen LogP contribution in [0.1, 0.15) is 57.6 Å². The smallest absolute Gasteiger partial charge is 0.225 e. The first-order valence-corrected chi connectivity index (χ1v) is 13.8. The van der Waals surface area contributed by atoms with E-state index in [1.165, 1.54) is 5.57 Å². The van der Waals surface area contributed by atoms with Gasteiger partial charge in [-0.25, -0.2) is 9.97 Å². The number of anilines is 1. The Kier molecular flexibility index (Phi) is 9.39. The van der Waals surface area contributed by atoms with Crippen molar-refractivity contribution in [2.24, 2.45) is 17.3 Å². The Morgan fingerprint density at radius 2 is 1.87 bits per heavy atom. The third-order valence-corrected chi connectivity index (χ3v) is 7.94. The van der Waals surface area contributed by atoms with Gasteiger partial charge in [0.05, 0.1) is 19.3 Å². The maximum absolute atomic E-state index is 12.7. The van der Waals surface area contributed by atoms with Gasteiger partial charge >= 0.3 is 0 Å². The number of hydrogen-bond donors (Lipinski definition) is 3. The van der Waals surface area contributed by atoms with Crippen LogP contribution < -0.4 is 15.0 Å². The molecule has 2 unspecified atom stereocenters. The van der Waals surface area contributed by atoms with E-state index < -0.39 is 6.10 Å². The third-order valence-electron chi connectivity index (χ3n) is 7.94. The van der Waals surface area contributed by atoms with Gasteiger partial charge in [0.2, 0.25) is 11.9 Å². The predicted octanol–water partition coefficient (Wildman–Crippen LogP) is 3.62. The molecule has 0 bridgehead atoms. The predicted molar refractivity (Wildman–Crippen MR) is 149 cm³/mol. The lowest BCUT2D eigenvalue weighted by Crippen LogP contribution is -2.43. The maximum Gasteiger partial charge on any atom is 0.225 e. The largest absolute Gasteiger partial charge is 0.493 e. The molecular formula is C30H42N4O4. The summed E-state index contributed by atoms with van der Waals surface area (Å²) >= 11 is 0. The topological polar surface area (TPSA) is 108 Å². The highest BCUT2D eigenvalue weighted by molar-refractivity contribution is 5.81. The van der Waals surface area contributed by atoms with Crippen LogP contribution in [-0.4, -0.2) is 65.0 Å². The Labute approximate surface area is 226 Å². The van der Waals surface area contributed by atoms with Gasteiger partial charge in [0.25, 0.3) is 0 Å². The fourth-order valence-electron chi connectivity index (χ4n) is 5.33. The number of amides is 1. The van der Waals surface area contributed by atoms with Crippen LogP contribution in [-0.2, 0) is 11.2 Å². The van der Waals surface area contributed by atoms with Crippen LogP contribution >= 0.6 is 0 Å². The van der Waals surface area contributed by atoms with Crippen LogP contribution in [0.3, 0.4) is 0 Å². The molecule has 0 spiro atoms. The molecule has 2 aromatic rings. The highest BCUT2D eigenvalue weighted by atomic mass is 16.5. The summed E-state index contributed by atoms with van der Waals surface area (Å²) in [6, 6.07) is 8.29. The molecule has 8 nitrogen and oxygen atoms in total. The number of rotatable bonds is 10. The van der Waals surface area contributed by atoms with Gasteiger partial charge in [0.1, 0.15) is 5.75 Å². The van der Waals surface area contributed by atoms with Crippen molar-refractivity contribution in [3.05, 3.63) is 53.9 Å². The summed E-state index contributed by atoms with van der Waals surface area (Å²) in [5.41, 5.74) is 3.34. The summed E-state index contributed by atoms with van der Waals surface area (Å²) in [6.45, 7) is 8.65. The molecule has 0 saturated carbocycles. The van der Waals surface area contributed by atoms with Gasteiger partial charge in [0, 0.05) is 37.9 Å². The summed E-state index contributed by atoms with van der Waals surface area (Å²) in [5, 5.41) is 21.3. The van der Waals surface area contributed by atoms with Gasteiger partial charge in [0.15, 0.2) is 0 Å². The fraction of sp³-hybridized carbons (Fsp3) is 0.567. The van der Waals surface area contributed by atoms with Crippen molar-refractivity contribution in [3.8, 4) is 5.75 Å². The minimum absolute atomic E-state index is 0.0698. The molecule has 2 aliphatic rings. The SMILES string of the molecule is CCc1cnc(N2CCC(COc3ccc(C4=CCC(C(=O)NCC(O)CO)C(C)(C)C4)cc3)CC2)nc1. The molecule has 38 heavy (non-hydrogen) atoms. The Bertz CT molecular complexity index is 1080. The normalized spacial score (nSPS) is 20.5. The standard InChI is InChI=1S/C30H42N4O4/c1-4-21-16-32-29(33-17-21)34-13-11-22(12-14-34)20-38-26-8-5-23(6-9-26)24-7-10-27(30(2,3)15-24)28(37)31-18-25(36)19-35/h5-9,16-17,22,25,27,35-36H,4,10-15,18-20H2,1-3H3,(H,31,37). The van der Waals surface area contributed by atoms with Crippen LogP contribution in [0.15, 0.2) is 42.7 Å². The molecule has 3 N–H and O–H groups in total. The summed E-state index contributed by atoms with van der Waals surface area (Å²) < 4.78 is 6.14. The number of aliphatic hydroxyl groups excluding tert-OH is 2. The minimum Gasteiger partial charge on any atom is -0.493 e. The molecule has 1 fully saturated rings. The third kappa shape index (κ3) is 7.11. The Morgan fingerprint density at radius 3 is 2.47 bits per heavy atom. The summed E-state index contributed by atoms with van der Waals surface area (Å²) in [5.74, 6) is 1.97. The van der Waals surface area contributed by atoms with Crippen molar-refractivity contribution >= 4 is 17.4 Å².